The fourth-order valence-electron chi connectivity index (χ4n) is 1.16. The highest BCUT2D eigenvalue weighted by Crippen LogP contribution is 2.04. The standard InChI is InChI=1S/C12H20O/c1-3-5-7-8-9-11-12(13)10-6-4-2/h4,6-11H2,1-2H3. The van der Waals surface area contributed by atoms with E-state index in [-0.39, 0.29) is 0 Å². The molecule has 0 aromatic carbocycles. The van der Waals surface area contributed by atoms with Crippen molar-refractivity contribution < 1.29 is 4.79 Å². The second kappa shape index (κ2) is 9.32. The Balaban J connectivity index is 3.20. The lowest BCUT2D eigenvalue weighted by molar-refractivity contribution is -0.119. The minimum atomic E-state index is 0.423. The summed E-state index contributed by atoms with van der Waals surface area (Å²) in [4.78, 5) is 11.2. The first kappa shape index (κ1) is 12.2. The van der Waals surface area contributed by atoms with E-state index in [0.29, 0.717) is 5.78 Å². The molecule has 13 heavy (non-hydrogen) atoms. The van der Waals surface area contributed by atoms with E-state index in [1.807, 2.05) is 6.92 Å². The number of hydrogen-bond donors (Lipinski definition) is 0. The van der Waals surface area contributed by atoms with Crippen molar-refractivity contribution in [3.63, 3.8) is 0 Å². The molecule has 0 atom stereocenters. The molecular formula is C12H20O. The van der Waals surface area contributed by atoms with Crippen LogP contribution in [0.3, 0.4) is 0 Å². The number of hydrogen-bond acceptors (Lipinski definition) is 1. The molecule has 1 heteroatoms. The smallest absolute Gasteiger partial charge is 0.132 e. The largest absolute Gasteiger partial charge is 0.300 e. The number of carbonyl (C=O) groups is 1. The summed E-state index contributed by atoms with van der Waals surface area (Å²) in [6, 6.07) is 0. The first-order valence-corrected chi connectivity index (χ1v) is 5.22. The molecule has 74 valence electrons. The highest BCUT2D eigenvalue weighted by Gasteiger charge is 1.99. The van der Waals surface area contributed by atoms with Crippen molar-refractivity contribution in [3.8, 4) is 11.8 Å². The first-order valence-electron chi connectivity index (χ1n) is 5.22. The number of rotatable bonds is 7. The van der Waals surface area contributed by atoms with Gasteiger partial charge in [0.15, 0.2) is 0 Å². The van der Waals surface area contributed by atoms with Crippen LogP contribution < -0.4 is 0 Å². The molecule has 0 aliphatic rings. The third kappa shape index (κ3) is 9.14. The molecule has 0 aromatic heterocycles. The van der Waals surface area contributed by atoms with Crippen molar-refractivity contribution in [2.45, 2.75) is 58.8 Å². The maximum Gasteiger partial charge on any atom is 0.132 e. The Hall–Kier alpha value is -0.770. The van der Waals surface area contributed by atoms with E-state index in [1.165, 1.54) is 0 Å². The zero-order chi connectivity index (χ0) is 9.94. The summed E-state index contributed by atoms with van der Waals surface area (Å²) in [5.41, 5.74) is 0. The molecule has 0 heterocycles. The average Bonchev–Trinajstić information content (AvgIpc) is 2.14. The number of Topliss-reactive ketones (excluding diaryl/α,β-unsaturated/α-hetero) is 1. The zero-order valence-corrected chi connectivity index (χ0v) is 8.86. The summed E-state index contributed by atoms with van der Waals surface area (Å²) >= 11 is 0. The van der Waals surface area contributed by atoms with Gasteiger partial charge in [-0.3, -0.25) is 4.79 Å². The maximum absolute atomic E-state index is 11.2. The monoisotopic (exact) mass is 180 g/mol. The van der Waals surface area contributed by atoms with Crippen LogP contribution in [0.4, 0.5) is 0 Å². The van der Waals surface area contributed by atoms with Crippen LogP contribution in [0.15, 0.2) is 0 Å². The van der Waals surface area contributed by atoms with E-state index >= 15 is 0 Å². The van der Waals surface area contributed by atoms with Crippen molar-refractivity contribution in [3.05, 3.63) is 0 Å². The van der Waals surface area contributed by atoms with Crippen LogP contribution in [0.2, 0.25) is 0 Å². The molecule has 0 spiro atoms. The van der Waals surface area contributed by atoms with Gasteiger partial charge in [-0.1, -0.05) is 13.3 Å². The fraction of sp³-hybridized carbons (Fsp3) is 0.750. The van der Waals surface area contributed by atoms with E-state index < -0.39 is 0 Å². The van der Waals surface area contributed by atoms with E-state index in [1.54, 1.807) is 0 Å². The minimum absolute atomic E-state index is 0.423. The lowest BCUT2D eigenvalue weighted by Gasteiger charge is -1.97. The topological polar surface area (TPSA) is 17.1 Å². The lowest BCUT2D eigenvalue weighted by Crippen LogP contribution is -1.96. The van der Waals surface area contributed by atoms with E-state index in [9.17, 15) is 4.79 Å². The zero-order valence-electron chi connectivity index (χ0n) is 8.86. The third-order valence-electron chi connectivity index (χ3n) is 1.99. The van der Waals surface area contributed by atoms with Gasteiger partial charge in [-0.05, 0) is 26.2 Å². The number of unbranched alkanes of at least 4 members (excludes halogenated alkanes) is 3. The van der Waals surface area contributed by atoms with Crippen LogP contribution in [0.25, 0.3) is 0 Å². The highest BCUT2D eigenvalue weighted by molar-refractivity contribution is 5.78. The molecular weight excluding hydrogens is 160 g/mol. The van der Waals surface area contributed by atoms with Crippen LogP contribution in [0.5, 0.6) is 0 Å². The summed E-state index contributed by atoms with van der Waals surface area (Å²) < 4.78 is 0. The second-order valence-corrected chi connectivity index (χ2v) is 3.28. The van der Waals surface area contributed by atoms with Crippen molar-refractivity contribution in [1.82, 2.24) is 0 Å². The van der Waals surface area contributed by atoms with E-state index in [4.69, 9.17) is 0 Å². The first-order chi connectivity index (χ1) is 6.31. The van der Waals surface area contributed by atoms with Gasteiger partial charge >= 0.3 is 0 Å². The van der Waals surface area contributed by atoms with Crippen molar-refractivity contribution >= 4 is 5.78 Å². The quantitative estimate of drug-likeness (QED) is 0.434. The Labute approximate surface area is 81.9 Å². The predicted octanol–water partition coefficient (Wildman–Crippen LogP) is 3.33. The molecule has 0 rings (SSSR count). The number of ketones is 1. The van der Waals surface area contributed by atoms with Gasteiger partial charge < -0.3 is 0 Å². The maximum atomic E-state index is 11.2. The molecule has 1 nitrogen and oxygen atoms in total. The van der Waals surface area contributed by atoms with Gasteiger partial charge in [0.1, 0.15) is 5.78 Å². The Morgan fingerprint density at radius 2 is 1.85 bits per heavy atom. The third-order valence-corrected chi connectivity index (χ3v) is 1.99. The summed E-state index contributed by atoms with van der Waals surface area (Å²) in [5.74, 6) is 6.28. The molecule has 0 N–H and O–H groups in total. The normalized spacial score (nSPS) is 9.08. The van der Waals surface area contributed by atoms with E-state index in [0.717, 1.165) is 44.9 Å². The Morgan fingerprint density at radius 1 is 1.15 bits per heavy atom. The van der Waals surface area contributed by atoms with Crippen LogP contribution in [-0.4, -0.2) is 5.78 Å². The van der Waals surface area contributed by atoms with Crippen molar-refractivity contribution in [2.24, 2.45) is 0 Å². The number of carbonyl (C=O) groups excluding carboxylic acids is 1. The van der Waals surface area contributed by atoms with Gasteiger partial charge in [-0.25, -0.2) is 0 Å². The van der Waals surface area contributed by atoms with Gasteiger partial charge in [0, 0.05) is 19.3 Å². The fourth-order valence-corrected chi connectivity index (χ4v) is 1.16. The van der Waals surface area contributed by atoms with Crippen LogP contribution in [0.1, 0.15) is 58.8 Å². The van der Waals surface area contributed by atoms with Crippen LogP contribution >= 0.6 is 0 Å². The van der Waals surface area contributed by atoms with Crippen LogP contribution in [-0.2, 0) is 4.79 Å². The summed E-state index contributed by atoms with van der Waals surface area (Å²) in [5, 5.41) is 0. The molecule has 0 amide bonds. The molecule has 0 bridgehead atoms. The Bertz CT molecular complexity index is 183. The van der Waals surface area contributed by atoms with Crippen LogP contribution in [0, 0.1) is 11.8 Å². The molecule has 0 unspecified atom stereocenters. The van der Waals surface area contributed by atoms with Crippen molar-refractivity contribution in [1.29, 1.82) is 0 Å². The SMILES string of the molecule is CC#CCCCCC(=O)CCCC. The Morgan fingerprint density at radius 3 is 2.46 bits per heavy atom. The van der Waals surface area contributed by atoms with Gasteiger partial charge in [0.2, 0.25) is 0 Å². The molecule has 0 aliphatic carbocycles. The summed E-state index contributed by atoms with van der Waals surface area (Å²) in [6.07, 6.45) is 6.72. The second-order valence-electron chi connectivity index (χ2n) is 3.28. The molecule has 0 saturated carbocycles. The molecule has 0 radical (unpaired) electrons. The van der Waals surface area contributed by atoms with Gasteiger partial charge in [-0.15, -0.1) is 11.8 Å². The van der Waals surface area contributed by atoms with E-state index in [2.05, 4.69) is 18.8 Å². The van der Waals surface area contributed by atoms with Gasteiger partial charge in [0.05, 0.1) is 0 Å². The molecule has 0 aromatic rings. The summed E-state index contributed by atoms with van der Waals surface area (Å²) in [7, 11) is 0. The Kier molecular flexibility index (Phi) is 8.77. The summed E-state index contributed by atoms with van der Waals surface area (Å²) in [6.45, 7) is 3.97. The lowest BCUT2D eigenvalue weighted by atomic mass is 10.1. The van der Waals surface area contributed by atoms with Gasteiger partial charge in [-0.2, -0.15) is 0 Å². The van der Waals surface area contributed by atoms with Crippen molar-refractivity contribution in [2.75, 3.05) is 0 Å². The predicted molar refractivity (Wildman–Crippen MR) is 56.5 cm³/mol. The molecule has 0 saturated heterocycles. The highest BCUT2D eigenvalue weighted by atomic mass is 16.1. The molecule has 0 aliphatic heterocycles. The average molecular weight is 180 g/mol. The molecule has 0 fully saturated rings. The minimum Gasteiger partial charge on any atom is -0.300 e. The van der Waals surface area contributed by atoms with Gasteiger partial charge in [0.25, 0.3) is 0 Å².